The number of nitrogens with zero attached hydrogens (tertiary/aromatic N) is 3. The maximum Gasteiger partial charge on any atom is 0.156 e. The number of rotatable bonds is 3. The average Bonchev–Trinajstić information content (AvgIpc) is 3.01. The molecule has 0 spiro atoms. The lowest BCUT2D eigenvalue weighted by atomic mass is 10.1. The fraction of sp³-hybridized carbons (Fsp3) is 0.400. The van der Waals surface area contributed by atoms with Crippen LogP contribution in [0.4, 0.5) is 5.82 Å². The molecule has 0 unspecified atom stereocenters. The Balaban J connectivity index is 0.00000121. The molecule has 1 fully saturated rings. The van der Waals surface area contributed by atoms with E-state index >= 15 is 0 Å². The van der Waals surface area contributed by atoms with Crippen molar-refractivity contribution in [3.05, 3.63) is 41.7 Å². The van der Waals surface area contributed by atoms with E-state index in [0.29, 0.717) is 0 Å². The Bertz CT molecular complexity index is 857. The normalized spacial score (nSPS) is 14.0. The Morgan fingerprint density at radius 3 is 2.38 bits per heavy atom. The van der Waals surface area contributed by atoms with Crippen LogP contribution >= 0.6 is 12.4 Å². The summed E-state index contributed by atoms with van der Waals surface area (Å²) in [5.74, 6) is 1.94. The van der Waals surface area contributed by atoms with Crippen molar-refractivity contribution < 1.29 is 5.48 Å². The molecular formula is C20H27ClN4O. The highest BCUT2D eigenvalue weighted by atomic mass is 35.5. The van der Waals surface area contributed by atoms with Gasteiger partial charge in [-0.25, -0.2) is 9.97 Å². The van der Waals surface area contributed by atoms with E-state index in [2.05, 4.69) is 47.1 Å². The molecule has 1 aliphatic rings. The van der Waals surface area contributed by atoms with Crippen molar-refractivity contribution in [3.63, 3.8) is 0 Å². The number of fused-ring (bicyclic) bond motifs is 1. The van der Waals surface area contributed by atoms with Crippen LogP contribution in [0.2, 0.25) is 0 Å². The molecule has 26 heavy (non-hydrogen) atoms. The first-order chi connectivity index (χ1) is 11.8. The van der Waals surface area contributed by atoms with Crippen molar-refractivity contribution in [1.82, 2.24) is 15.0 Å². The summed E-state index contributed by atoms with van der Waals surface area (Å²) in [6.45, 7) is 6.38. The van der Waals surface area contributed by atoms with E-state index in [1.165, 1.54) is 36.1 Å². The van der Waals surface area contributed by atoms with Crippen LogP contribution in [-0.4, -0.2) is 33.5 Å². The largest absolute Gasteiger partial charge is 0.412 e. The molecule has 1 aromatic carbocycles. The van der Waals surface area contributed by atoms with Crippen LogP contribution in [0.15, 0.2) is 30.3 Å². The van der Waals surface area contributed by atoms with E-state index in [-0.39, 0.29) is 17.9 Å². The molecule has 6 heteroatoms. The first-order valence-corrected chi connectivity index (χ1v) is 8.97. The second-order valence-corrected chi connectivity index (χ2v) is 6.56. The highest BCUT2D eigenvalue weighted by Crippen LogP contribution is 2.34. The van der Waals surface area contributed by atoms with Crippen LogP contribution in [0.3, 0.4) is 0 Å². The minimum absolute atomic E-state index is 0. The van der Waals surface area contributed by atoms with Gasteiger partial charge < -0.3 is 15.4 Å². The number of halogens is 1. The molecule has 0 atom stereocenters. The summed E-state index contributed by atoms with van der Waals surface area (Å²) in [6, 6.07) is 10.5. The summed E-state index contributed by atoms with van der Waals surface area (Å²) >= 11 is 0. The Hall–Kier alpha value is -2.11. The topological polar surface area (TPSA) is 76.3 Å². The number of piperidine rings is 1. The van der Waals surface area contributed by atoms with Gasteiger partial charge in [0, 0.05) is 18.7 Å². The second-order valence-electron chi connectivity index (χ2n) is 6.56. The molecule has 2 aromatic heterocycles. The summed E-state index contributed by atoms with van der Waals surface area (Å²) in [6.07, 6.45) is 4.78. The lowest BCUT2D eigenvalue weighted by Gasteiger charge is -2.28. The molecule has 3 heterocycles. The molecule has 0 radical (unpaired) electrons. The van der Waals surface area contributed by atoms with E-state index in [1.807, 2.05) is 6.92 Å². The molecule has 4 rings (SSSR count). The Kier molecular flexibility index (Phi) is 6.62. The highest BCUT2D eigenvalue weighted by molar-refractivity contribution is 5.94. The Labute approximate surface area is 160 Å². The van der Waals surface area contributed by atoms with Gasteiger partial charge in [-0.3, -0.25) is 0 Å². The third kappa shape index (κ3) is 3.55. The number of nitrogens with one attached hydrogen (secondary N) is 1. The molecule has 0 saturated carbocycles. The van der Waals surface area contributed by atoms with E-state index in [4.69, 9.17) is 9.97 Å². The Morgan fingerprint density at radius 1 is 1.04 bits per heavy atom. The van der Waals surface area contributed by atoms with Gasteiger partial charge in [-0.15, -0.1) is 12.4 Å². The number of anilines is 1. The van der Waals surface area contributed by atoms with E-state index in [0.717, 1.165) is 42.2 Å². The number of hydrogen-bond donors (Lipinski definition) is 1. The van der Waals surface area contributed by atoms with E-state index < -0.39 is 0 Å². The molecule has 5 nitrogen and oxygen atoms in total. The number of aromatic nitrogens is 3. The first-order valence-electron chi connectivity index (χ1n) is 8.97. The predicted octanol–water partition coefficient (Wildman–Crippen LogP) is 4.08. The number of aromatic amines is 1. The molecule has 140 valence electrons. The van der Waals surface area contributed by atoms with Gasteiger partial charge in [0.05, 0.1) is 11.2 Å². The fourth-order valence-corrected chi connectivity index (χ4v) is 3.74. The second kappa shape index (κ2) is 8.52. The van der Waals surface area contributed by atoms with E-state index in [1.54, 1.807) is 0 Å². The van der Waals surface area contributed by atoms with Gasteiger partial charge in [-0.2, -0.15) is 0 Å². The Morgan fingerprint density at radius 2 is 1.73 bits per heavy atom. The molecule has 0 bridgehead atoms. The van der Waals surface area contributed by atoms with E-state index in [9.17, 15) is 0 Å². The van der Waals surface area contributed by atoms with Crippen molar-refractivity contribution in [2.75, 3.05) is 18.0 Å². The maximum atomic E-state index is 4.79. The zero-order chi connectivity index (χ0) is 16.5. The maximum absolute atomic E-state index is 4.79. The van der Waals surface area contributed by atoms with Gasteiger partial charge in [0.25, 0.3) is 0 Å². The van der Waals surface area contributed by atoms with Gasteiger partial charge in [-0.1, -0.05) is 37.3 Å². The monoisotopic (exact) mass is 374 g/mol. The molecule has 0 aliphatic carbocycles. The number of aryl methyl sites for hydroxylation is 2. The van der Waals surface area contributed by atoms with Crippen molar-refractivity contribution in [3.8, 4) is 11.3 Å². The van der Waals surface area contributed by atoms with Crippen LogP contribution in [0.25, 0.3) is 22.3 Å². The molecule has 0 amide bonds. The molecule has 1 saturated heterocycles. The number of benzene rings is 1. The SMILES string of the molecule is CCc1c(-c2ccccc2)[nH]c2c(N3CCCCC3)nc(C)nc12.Cl.O. The summed E-state index contributed by atoms with van der Waals surface area (Å²) in [5, 5.41) is 0. The summed E-state index contributed by atoms with van der Waals surface area (Å²) in [4.78, 5) is 15.6. The molecule has 3 N–H and O–H groups in total. The standard InChI is InChI=1S/C20H24N4.ClH.H2O/c1-3-16-17(15-10-6-4-7-11-15)23-19-18(16)21-14(2)22-20(19)24-12-8-5-9-13-24;;/h4,6-7,10-11,23H,3,5,8-9,12-13H2,1-2H3;1H;1H2. The minimum atomic E-state index is 0. The smallest absolute Gasteiger partial charge is 0.156 e. The summed E-state index contributed by atoms with van der Waals surface area (Å²) in [5.41, 5.74) is 5.88. The lowest BCUT2D eigenvalue weighted by Crippen LogP contribution is -2.30. The van der Waals surface area contributed by atoms with Gasteiger partial charge in [0.1, 0.15) is 11.3 Å². The van der Waals surface area contributed by atoms with Crippen molar-refractivity contribution in [1.29, 1.82) is 0 Å². The zero-order valence-electron chi connectivity index (χ0n) is 15.4. The number of H-pyrrole nitrogens is 1. The van der Waals surface area contributed by atoms with Crippen LogP contribution in [-0.2, 0) is 6.42 Å². The number of hydrogen-bond acceptors (Lipinski definition) is 3. The summed E-state index contributed by atoms with van der Waals surface area (Å²) in [7, 11) is 0. The van der Waals surface area contributed by atoms with Crippen LogP contribution in [0.5, 0.6) is 0 Å². The predicted molar refractivity (Wildman–Crippen MR) is 110 cm³/mol. The lowest BCUT2D eigenvalue weighted by molar-refractivity contribution is 0.574. The van der Waals surface area contributed by atoms with Gasteiger partial charge in [-0.05, 0) is 38.2 Å². The molecule has 3 aromatic rings. The quantitative estimate of drug-likeness (QED) is 0.750. The van der Waals surface area contributed by atoms with Gasteiger partial charge in [0.15, 0.2) is 5.82 Å². The van der Waals surface area contributed by atoms with Crippen LogP contribution < -0.4 is 4.90 Å². The molecular weight excluding hydrogens is 348 g/mol. The summed E-state index contributed by atoms with van der Waals surface area (Å²) < 4.78 is 0. The van der Waals surface area contributed by atoms with Crippen molar-refractivity contribution in [2.45, 2.75) is 39.5 Å². The molecule has 1 aliphatic heterocycles. The third-order valence-corrected chi connectivity index (χ3v) is 4.91. The van der Waals surface area contributed by atoms with Crippen LogP contribution in [0, 0.1) is 6.92 Å². The van der Waals surface area contributed by atoms with Crippen LogP contribution in [0.1, 0.15) is 37.6 Å². The van der Waals surface area contributed by atoms with Crippen molar-refractivity contribution >= 4 is 29.3 Å². The van der Waals surface area contributed by atoms with Crippen molar-refractivity contribution in [2.24, 2.45) is 0 Å². The zero-order valence-corrected chi connectivity index (χ0v) is 16.2. The van der Waals surface area contributed by atoms with Gasteiger partial charge in [0.2, 0.25) is 0 Å². The average molecular weight is 375 g/mol. The minimum Gasteiger partial charge on any atom is -0.412 e. The highest BCUT2D eigenvalue weighted by Gasteiger charge is 2.21. The van der Waals surface area contributed by atoms with Gasteiger partial charge >= 0.3 is 0 Å². The third-order valence-electron chi connectivity index (χ3n) is 4.91. The first kappa shape index (κ1) is 20.2. The fourth-order valence-electron chi connectivity index (χ4n) is 3.74.